The average Bonchev–Trinajstić information content (AvgIpc) is 3.01. The Morgan fingerprint density at radius 3 is 1.64 bits per heavy atom. The number of nitrogens with one attached hydrogen (secondary N) is 3. The van der Waals surface area contributed by atoms with Crippen molar-refractivity contribution >= 4 is 32.8 Å². The highest BCUT2D eigenvalue weighted by atomic mass is 32.2. The highest BCUT2D eigenvalue weighted by Crippen LogP contribution is 2.32. The minimum atomic E-state index is -3.69. The molecule has 0 aliphatic rings. The van der Waals surface area contributed by atoms with Crippen LogP contribution in [0.1, 0.15) is 86.3 Å². The molecule has 0 saturated heterocycles. The van der Waals surface area contributed by atoms with E-state index < -0.39 is 15.4 Å². The van der Waals surface area contributed by atoms with E-state index >= 15 is 0 Å². The minimum Gasteiger partial charge on any atom is -0.380 e. The van der Waals surface area contributed by atoms with Crippen LogP contribution in [0.5, 0.6) is 0 Å². The molecule has 4 aromatic rings. The predicted molar refractivity (Wildman–Crippen MR) is 180 cm³/mol. The zero-order valence-corrected chi connectivity index (χ0v) is 28.0. The molecule has 0 fully saturated rings. The van der Waals surface area contributed by atoms with Crippen LogP contribution in [-0.4, -0.2) is 28.9 Å². The van der Waals surface area contributed by atoms with Crippen LogP contribution in [0.3, 0.4) is 0 Å². The van der Waals surface area contributed by atoms with E-state index in [1.165, 1.54) is 0 Å². The van der Waals surface area contributed by atoms with Crippen molar-refractivity contribution in [3.8, 4) is 0 Å². The predicted octanol–water partition coefficient (Wildman–Crippen LogP) is 8.47. The Labute approximate surface area is 263 Å². The molecule has 8 nitrogen and oxygen atoms in total. The molecule has 0 saturated carbocycles. The maximum atomic E-state index is 13.4. The third-order valence-electron chi connectivity index (χ3n) is 8.47. The first kappa shape index (κ1) is 32.9. The fourth-order valence-electron chi connectivity index (χ4n) is 4.46. The summed E-state index contributed by atoms with van der Waals surface area (Å²) in [5.74, 6) is 1.74. The molecule has 1 aromatic heterocycles. The summed E-state index contributed by atoms with van der Waals surface area (Å²) in [5.41, 5.74) is 1.64. The molecular formula is C35H46N6O2S. The molecule has 9 heteroatoms. The van der Waals surface area contributed by atoms with Gasteiger partial charge in [-0.3, -0.25) is 0 Å². The molecule has 0 radical (unpaired) electrons. The van der Waals surface area contributed by atoms with E-state index in [1.54, 1.807) is 36.4 Å². The van der Waals surface area contributed by atoms with Crippen molar-refractivity contribution in [3.05, 3.63) is 90.5 Å². The van der Waals surface area contributed by atoms with Crippen molar-refractivity contribution in [2.24, 2.45) is 0 Å². The number of hydrogen-bond donors (Lipinski definition) is 3. The fraction of sp³-hybridized carbons (Fsp3) is 0.400. The molecule has 4 rings (SSSR count). The van der Waals surface area contributed by atoms with Crippen LogP contribution >= 0.6 is 0 Å². The molecule has 0 bridgehead atoms. The first-order valence-electron chi connectivity index (χ1n) is 15.3. The van der Waals surface area contributed by atoms with Gasteiger partial charge in [-0.25, -0.2) is 13.4 Å². The quantitative estimate of drug-likeness (QED) is 0.138. The van der Waals surface area contributed by atoms with Gasteiger partial charge < -0.3 is 16.0 Å². The van der Waals surface area contributed by atoms with Crippen LogP contribution < -0.4 is 16.0 Å². The zero-order valence-electron chi connectivity index (χ0n) is 27.2. The fourth-order valence-corrected chi connectivity index (χ4v) is 5.72. The lowest BCUT2D eigenvalue weighted by Gasteiger charge is -2.31. The van der Waals surface area contributed by atoms with Gasteiger partial charge in [0, 0.05) is 28.0 Å². The van der Waals surface area contributed by atoms with E-state index in [4.69, 9.17) is 15.0 Å². The number of anilines is 4. The van der Waals surface area contributed by atoms with Gasteiger partial charge in [0.1, 0.15) is 5.82 Å². The van der Waals surface area contributed by atoms with E-state index in [0.29, 0.717) is 23.3 Å². The summed E-state index contributed by atoms with van der Waals surface area (Å²) >= 11 is 0. The SMILES string of the molecule is CCC(C)(C)Nc1ccc(S(=O)(=O)c2ccc(Nc3nc(C(C)(C)CC)nc(C(C)(CC)Nc4ccccc4)n3)cc2)cc1. The second kappa shape index (κ2) is 12.9. The first-order valence-corrected chi connectivity index (χ1v) is 16.8. The third kappa shape index (κ3) is 7.56. The van der Waals surface area contributed by atoms with Crippen molar-refractivity contribution in [1.82, 2.24) is 15.0 Å². The zero-order chi connectivity index (χ0) is 32.2. The second-order valence-corrected chi connectivity index (χ2v) is 14.7. The Morgan fingerprint density at radius 1 is 0.591 bits per heavy atom. The number of hydrogen-bond acceptors (Lipinski definition) is 8. The first-order chi connectivity index (χ1) is 20.7. The van der Waals surface area contributed by atoms with E-state index in [1.807, 2.05) is 42.5 Å². The number of para-hydroxylation sites is 1. The lowest BCUT2D eigenvalue weighted by Crippen LogP contribution is -2.35. The Hall–Kier alpha value is -3.98. The number of rotatable bonds is 13. The molecule has 0 aliphatic heterocycles. The Bertz CT molecular complexity index is 1650. The van der Waals surface area contributed by atoms with Crippen molar-refractivity contribution in [2.75, 3.05) is 16.0 Å². The number of sulfone groups is 1. The van der Waals surface area contributed by atoms with Crippen LogP contribution in [-0.2, 0) is 20.8 Å². The highest BCUT2D eigenvalue weighted by Gasteiger charge is 2.32. The largest absolute Gasteiger partial charge is 0.380 e. The second-order valence-electron chi connectivity index (χ2n) is 12.8. The Kier molecular flexibility index (Phi) is 9.68. The van der Waals surface area contributed by atoms with E-state index in [9.17, 15) is 8.42 Å². The number of aromatic nitrogens is 3. The van der Waals surface area contributed by atoms with Crippen molar-refractivity contribution < 1.29 is 8.42 Å². The topological polar surface area (TPSA) is 109 Å². The van der Waals surface area contributed by atoms with E-state index in [0.717, 1.165) is 30.6 Å². The van der Waals surface area contributed by atoms with Crippen molar-refractivity contribution in [1.29, 1.82) is 0 Å². The van der Waals surface area contributed by atoms with Crippen molar-refractivity contribution in [3.63, 3.8) is 0 Å². The maximum absolute atomic E-state index is 13.4. The Balaban J connectivity index is 1.61. The highest BCUT2D eigenvalue weighted by molar-refractivity contribution is 7.91. The lowest BCUT2D eigenvalue weighted by atomic mass is 9.89. The number of nitrogens with zero attached hydrogens (tertiary/aromatic N) is 3. The van der Waals surface area contributed by atoms with Gasteiger partial charge in [0.25, 0.3) is 0 Å². The summed E-state index contributed by atoms with van der Waals surface area (Å²) in [6.07, 6.45) is 2.54. The molecule has 44 heavy (non-hydrogen) atoms. The van der Waals surface area contributed by atoms with Gasteiger partial charge >= 0.3 is 0 Å². The van der Waals surface area contributed by atoms with Crippen LogP contribution in [0, 0.1) is 0 Å². The molecule has 0 amide bonds. The van der Waals surface area contributed by atoms with Crippen LogP contribution in [0.2, 0.25) is 0 Å². The van der Waals surface area contributed by atoms with Gasteiger partial charge in [0.2, 0.25) is 15.8 Å². The van der Waals surface area contributed by atoms with E-state index in [2.05, 4.69) is 71.3 Å². The van der Waals surface area contributed by atoms with Crippen LogP contribution in [0.15, 0.2) is 88.7 Å². The third-order valence-corrected chi connectivity index (χ3v) is 10.3. The maximum Gasteiger partial charge on any atom is 0.230 e. The summed E-state index contributed by atoms with van der Waals surface area (Å²) in [6, 6.07) is 23.6. The van der Waals surface area contributed by atoms with Gasteiger partial charge in [-0.2, -0.15) is 9.97 Å². The summed E-state index contributed by atoms with van der Waals surface area (Å²) in [5, 5.41) is 10.4. The summed E-state index contributed by atoms with van der Waals surface area (Å²) in [6.45, 7) is 16.9. The normalized spacial score (nSPS) is 13.6. The molecule has 1 atom stereocenters. The van der Waals surface area contributed by atoms with Gasteiger partial charge in [-0.05, 0) is 101 Å². The molecule has 3 N–H and O–H groups in total. The molecule has 0 aliphatic carbocycles. The summed E-state index contributed by atoms with van der Waals surface area (Å²) in [7, 11) is -3.69. The molecule has 0 spiro atoms. The molecule has 1 heterocycles. The van der Waals surface area contributed by atoms with Gasteiger partial charge in [-0.15, -0.1) is 0 Å². The van der Waals surface area contributed by atoms with Crippen LogP contribution in [0.25, 0.3) is 0 Å². The van der Waals surface area contributed by atoms with Gasteiger partial charge in [-0.1, -0.05) is 52.8 Å². The standard InChI is InChI=1S/C35H46N6O2S/c1-9-33(4,5)30-37-31(35(8,11-3)41-26-15-13-12-14-16-26)39-32(38-30)36-25-17-21-28(22-18-25)44(42,43)29-23-19-27(20-24-29)40-34(6,7)10-2/h12-24,40-41H,9-11H2,1-8H3,(H,36,37,38,39). The van der Waals surface area contributed by atoms with Gasteiger partial charge in [0.15, 0.2) is 5.82 Å². The molecule has 1 unspecified atom stereocenters. The minimum absolute atomic E-state index is 0.0802. The summed E-state index contributed by atoms with van der Waals surface area (Å²) in [4.78, 5) is 15.1. The molecular weight excluding hydrogens is 568 g/mol. The lowest BCUT2D eigenvalue weighted by molar-refractivity contribution is 0.441. The smallest absolute Gasteiger partial charge is 0.230 e. The van der Waals surface area contributed by atoms with E-state index in [-0.39, 0.29) is 20.7 Å². The monoisotopic (exact) mass is 614 g/mol. The average molecular weight is 615 g/mol. The van der Waals surface area contributed by atoms with Crippen LogP contribution in [0.4, 0.5) is 23.0 Å². The molecule has 3 aromatic carbocycles. The van der Waals surface area contributed by atoms with Gasteiger partial charge in [0.05, 0.1) is 15.3 Å². The number of benzene rings is 3. The summed E-state index contributed by atoms with van der Waals surface area (Å²) < 4.78 is 26.8. The molecule has 234 valence electrons. The Morgan fingerprint density at radius 2 is 1.11 bits per heavy atom. The van der Waals surface area contributed by atoms with Crippen molar-refractivity contribution in [2.45, 2.75) is 101 Å².